The fraction of sp³-hybridized carbons (Fsp3) is 0.474. The minimum Gasteiger partial charge on any atom is -0.480 e. The molecule has 9 nitrogen and oxygen atoms in total. The Hall–Kier alpha value is -2.50. The van der Waals surface area contributed by atoms with Crippen LogP contribution >= 0.6 is 0 Å². The zero-order chi connectivity index (χ0) is 22.1. The Kier molecular flexibility index (Phi) is 6.44. The maximum absolute atomic E-state index is 13.1. The highest BCUT2D eigenvalue weighted by Gasteiger charge is 2.43. The van der Waals surface area contributed by atoms with Crippen molar-refractivity contribution in [2.45, 2.75) is 12.5 Å². The lowest BCUT2D eigenvalue weighted by molar-refractivity contribution is -0.143. The third-order valence-corrected chi connectivity index (χ3v) is 7.29. The molecule has 0 aliphatic carbocycles. The molecule has 0 aromatic heterocycles. The SMILES string of the molecule is CN(C)C(=O)N1CCN(S(=O)(=O)N2CC=C(c3ccc(F)cc3)CC2)C(C(=O)O)C1. The van der Waals surface area contributed by atoms with Crippen LogP contribution in [0.3, 0.4) is 0 Å². The minimum atomic E-state index is -4.03. The van der Waals surface area contributed by atoms with E-state index in [0.717, 1.165) is 15.4 Å². The summed E-state index contributed by atoms with van der Waals surface area (Å²) in [5.41, 5.74) is 1.74. The fourth-order valence-electron chi connectivity index (χ4n) is 3.63. The molecular formula is C19H25FN4O5S. The van der Waals surface area contributed by atoms with E-state index in [-0.39, 0.29) is 44.6 Å². The van der Waals surface area contributed by atoms with Crippen molar-refractivity contribution in [2.24, 2.45) is 0 Å². The fourth-order valence-corrected chi connectivity index (χ4v) is 5.31. The number of nitrogens with zero attached hydrogens (tertiary/aromatic N) is 4. The van der Waals surface area contributed by atoms with Crippen LogP contribution in [-0.4, -0.2) is 96.8 Å². The number of piperazine rings is 1. The molecule has 164 valence electrons. The molecule has 1 unspecified atom stereocenters. The van der Waals surface area contributed by atoms with E-state index in [1.807, 2.05) is 0 Å². The van der Waals surface area contributed by atoms with E-state index < -0.39 is 22.2 Å². The number of rotatable bonds is 4. The first-order valence-electron chi connectivity index (χ1n) is 9.52. The van der Waals surface area contributed by atoms with Crippen LogP contribution in [0, 0.1) is 5.82 Å². The van der Waals surface area contributed by atoms with E-state index in [1.165, 1.54) is 26.2 Å². The van der Waals surface area contributed by atoms with Crippen LogP contribution < -0.4 is 0 Å². The van der Waals surface area contributed by atoms with E-state index in [9.17, 15) is 27.5 Å². The Morgan fingerprint density at radius 1 is 1.13 bits per heavy atom. The normalized spacial score (nSPS) is 21.2. The summed E-state index contributed by atoms with van der Waals surface area (Å²) in [4.78, 5) is 26.6. The molecule has 11 heteroatoms. The lowest BCUT2D eigenvalue weighted by atomic mass is 10.0. The van der Waals surface area contributed by atoms with Crippen LogP contribution in [0.5, 0.6) is 0 Å². The number of halogens is 1. The van der Waals surface area contributed by atoms with Gasteiger partial charge in [0, 0.05) is 46.8 Å². The zero-order valence-corrected chi connectivity index (χ0v) is 17.7. The van der Waals surface area contributed by atoms with Crippen molar-refractivity contribution in [1.29, 1.82) is 0 Å². The van der Waals surface area contributed by atoms with Gasteiger partial charge in [0.15, 0.2) is 0 Å². The third kappa shape index (κ3) is 4.47. The molecule has 0 spiro atoms. The lowest BCUT2D eigenvalue weighted by Crippen LogP contribution is -2.62. The van der Waals surface area contributed by atoms with Crippen molar-refractivity contribution in [3.8, 4) is 0 Å². The van der Waals surface area contributed by atoms with Crippen LogP contribution in [0.4, 0.5) is 9.18 Å². The van der Waals surface area contributed by atoms with Gasteiger partial charge in [-0.15, -0.1) is 0 Å². The number of hydrogen-bond acceptors (Lipinski definition) is 4. The summed E-state index contributed by atoms with van der Waals surface area (Å²) in [5.74, 6) is -1.64. The minimum absolute atomic E-state index is 0.0933. The highest BCUT2D eigenvalue weighted by atomic mass is 32.2. The molecule has 2 amide bonds. The van der Waals surface area contributed by atoms with Crippen molar-refractivity contribution in [1.82, 2.24) is 18.4 Å². The van der Waals surface area contributed by atoms with Gasteiger partial charge in [0.2, 0.25) is 0 Å². The van der Waals surface area contributed by atoms with Crippen molar-refractivity contribution >= 4 is 27.8 Å². The van der Waals surface area contributed by atoms with Gasteiger partial charge in [0.1, 0.15) is 11.9 Å². The van der Waals surface area contributed by atoms with Gasteiger partial charge in [-0.3, -0.25) is 4.79 Å². The van der Waals surface area contributed by atoms with Crippen molar-refractivity contribution in [3.05, 3.63) is 41.7 Å². The molecule has 2 aliphatic heterocycles. The van der Waals surface area contributed by atoms with Crippen molar-refractivity contribution < 1.29 is 27.5 Å². The second-order valence-electron chi connectivity index (χ2n) is 7.44. The number of carboxylic acids is 1. The van der Waals surface area contributed by atoms with Gasteiger partial charge in [-0.2, -0.15) is 17.0 Å². The monoisotopic (exact) mass is 440 g/mol. The Morgan fingerprint density at radius 2 is 1.80 bits per heavy atom. The first kappa shape index (κ1) is 22.2. The van der Waals surface area contributed by atoms with E-state index in [2.05, 4.69) is 0 Å². The first-order chi connectivity index (χ1) is 14.1. The molecule has 30 heavy (non-hydrogen) atoms. The average Bonchev–Trinajstić information content (AvgIpc) is 2.73. The van der Waals surface area contributed by atoms with Gasteiger partial charge in [0.05, 0.1) is 0 Å². The number of amides is 2. The number of carboxylic acid groups (broad SMARTS) is 1. The van der Waals surface area contributed by atoms with E-state index in [0.29, 0.717) is 6.42 Å². The second-order valence-corrected chi connectivity index (χ2v) is 9.32. The summed E-state index contributed by atoms with van der Waals surface area (Å²) >= 11 is 0. The summed E-state index contributed by atoms with van der Waals surface area (Å²) in [6, 6.07) is 4.29. The van der Waals surface area contributed by atoms with E-state index >= 15 is 0 Å². The van der Waals surface area contributed by atoms with E-state index in [4.69, 9.17) is 0 Å². The molecule has 2 heterocycles. The Morgan fingerprint density at radius 3 is 2.33 bits per heavy atom. The van der Waals surface area contributed by atoms with Crippen LogP contribution in [0.25, 0.3) is 5.57 Å². The van der Waals surface area contributed by atoms with Crippen LogP contribution in [0.2, 0.25) is 0 Å². The standard InChI is InChI=1S/C19H25FN4O5S/c1-21(2)19(27)22-11-12-24(17(13-22)18(25)26)30(28,29)23-9-7-15(8-10-23)14-3-5-16(20)6-4-14/h3-7,17H,8-13H2,1-2H3,(H,25,26). The molecule has 3 rings (SSSR count). The molecule has 0 bridgehead atoms. The molecule has 2 aliphatic rings. The molecule has 1 saturated heterocycles. The molecule has 0 saturated carbocycles. The molecule has 1 fully saturated rings. The predicted octanol–water partition coefficient (Wildman–Crippen LogP) is 0.912. The quantitative estimate of drug-likeness (QED) is 0.750. The highest BCUT2D eigenvalue weighted by Crippen LogP contribution is 2.26. The second kappa shape index (κ2) is 8.70. The average molecular weight is 440 g/mol. The van der Waals surface area contributed by atoms with Gasteiger partial charge in [-0.05, 0) is 29.7 Å². The van der Waals surface area contributed by atoms with Gasteiger partial charge in [-0.25, -0.2) is 9.18 Å². The molecule has 1 aromatic rings. The number of urea groups is 1. The van der Waals surface area contributed by atoms with Crippen molar-refractivity contribution in [3.63, 3.8) is 0 Å². The van der Waals surface area contributed by atoms with Gasteiger partial charge < -0.3 is 14.9 Å². The third-order valence-electron chi connectivity index (χ3n) is 5.28. The number of hydrogen-bond donors (Lipinski definition) is 1. The summed E-state index contributed by atoms with van der Waals surface area (Å²) in [6.07, 6.45) is 2.19. The van der Waals surface area contributed by atoms with Crippen LogP contribution in [0.1, 0.15) is 12.0 Å². The van der Waals surface area contributed by atoms with E-state index in [1.54, 1.807) is 32.3 Å². The Balaban J connectivity index is 1.75. The maximum Gasteiger partial charge on any atom is 0.323 e. The zero-order valence-electron chi connectivity index (χ0n) is 16.9. The molecular weight excluding hydrogens is 415 g/mol. The van der Waals surface area contributed by atoms with Gasteiger partial charge in [0.25, 0.3) is 10.2 Å². The molecule has 0 radical (unpaired) electrons. The van der Waals surface area contributed by atoms with Crippen molar-refractivity contribution in [2.75, 3.05) is 46.8 Å². The summed E-state index contributed by atoms with van der Waals surface area (Å²) in [6.45, 7) is 0.0947. The smallest absolute Gasteiger partial charge is 0.323 e. The van der Waals surface area contributed by atoms with Crippen LogP contribution in [-0.2, 0) is 15.0 Å². The highest BCUT2D eigenvalue weighted by molar-refractivity contribution is 7.86. The topological polar surface area (TPSA) is 101 Å². The first-order valence-corrected chi connectivity index (χ1v) is 10.9. The molecule has 1 atom stereocenters. The van der Waals surface area contributed by atoms with Gasteiger partial charge in [-0.1, -0.05) is 18.2 Å². The predicted molar refractivity (Wildman–Crippen MR) is 108 cm³/mol. The molecule has 1 N–H and O–H groups in total. The molecule has 1 aromatic carbocycles. The number of aliphatic carboxylic acids is 1. The Labute approximate surface area is 175 Å². The number of carbonyl (C=O) groups excluding carboxylic acids is 1. The lowest BCUT2D eigenvalue weighted by Gasteiger charge is -2.41. The number of benzene rings is 1. The van der Waals surface area contributed by atoms with Crippen LogP contribution in [0.15, 0.2) is 30.3 Å². The van der Waals surface area contributed by atoms with Gasteiger partial charge >= 0.3 is 12.0 Å². The largest absolute Gasteiger partial charge is 0.480 e. The Bertz CT molecular complexity index is 948. The summed E-state index contributed by atoms with van der Waals surface area (Å²) < 4.78 is 41.6. The summed E-state index contributed by atoms with van der Waals surface area (Å²) in [5, 5.41) is 9.60. The summed E-state index contributed by atoms with van der Waals surface area (Å²) in [7, 11) is -0.920. The maximum atomic E-state index is 13.1. The number of carbonyl (C=O) groups is 2.